The molecule has 3 amide bonds. The zero-order valence-electron chi connectivity index (χ0n) is 24.0. The molecule has 2 atom stereocenters. The topological polar surface area (TPSA) is 105 Å². The quantitative estimate of drug-likeness (QED) is 0.293. The number of nitrogens with zero attached hydrogens (tertiary/aromatic N) is 2. The molecule has 1 unspecified atom stereocenters. The number of nitrogens with one attached hydrogen (secondary N) is 1. The fourth-order valence-electron chi connectivity index (χ4n) is 5.55. The first-order valence-corrected chi connectivity index (χ1v) is 14.4. The van der Waals surface area contributed by atoms with Crippen LogP contribution in [0.25, 0.3) is 10.8 Å². The van der Waals surface area contributed by atoms with Crippen LogP contribution in [-0.2, 0) is 16.1 Å². The summed E-state index contributed by atoms with van der Waals surface area (Å²) in [6.07, 6.45) is 0. The Labute approximate surface area is 253 Å². The molecule has 0 radical (unpaired) electrons. The van der Waals surface area contributed by atoms with Gasteiger partial charge < -0.3 is 25.6 Å². The molecule has 4 aromatic rings. The number of hydrogen-bond acceptors (Lipinski definition) is 5. The third kappa shape index (κ3) is 5.14. The summed E-state index contributed by atoms with van der Waals surface area (Å²) in [7, 11) is 3.19. The molecule has 4 aromatic carbocycles. The molecule has 42 heavy (non-hydrogen) atoms. The van der Waals surface area contributed by atoms with E-state index in [0.29, 0.717) is 22.7 Å². The number of aryl methyl sites for hydroxylation is 1. The molecule has 0 saturated heterocycles. The average molecular weight is 630 g/mol. The molecule has 0 aromatic heterocycles. The van der Waals surface area contributed by atoms with Gasteiger partial charge in [0, 0.05) is 22.1 Å². The van der Waals surface area contributed by atoms with Crippen molar-refractivity contribution in [2.75, 3.05) is 30.5 Å². The second-order valence-corrected chi connectivity index (χ2v) is 11.6. The summed E-state index contributed by atoms with van der Waals surface area (Å²) in [6.45, 7) is 3.64. The van der Waals surface area contributed by atoms with Crippen LogP contribution in [0.2, 0.25) is 0 Å². The Morgan fingerprint density at radius 1 is 1.05 bits per heavy atom. The molecule has 0 spiro atoms. The number of ether oxygens (including phenoxy) is 1. The molecule has 0 bridgehead atoms. The number of rotatable bonds is 7. The lowest BCUT2D eigenvalue weighted by Gasteiger charge is -2.36. The number of carbonyl (C=O) groups excluding carboxylic acids is 3. The summed E-state index contributed by atoms with van der Waals surface area (Å²) >= 11 is 3.54. The Hall–Kier alpha value is -4.21. The number of amides is 3. The first-order chi connectivity index (χ1) is 20.1. The van der Waals surface area contributed by atoms with E-state index >= 15 is 0 Å². The number of nitrogens with two attached hydrogens (primary N) is 1. The molecule has 1 heterocycles. The molecule has 0 aliphatic carbocycles. The zero-order chi connectivity index (χ0) is 30.2. The molecule has 1 aliphatic rings. The number of halogens is 1. The summed E-state index contributed by atoms with van der Waals surface area (Å²) in [4.78, 5) is 44.8. The van der Waals surface area contributed by atoms with Crippen molar-refractivity contribution < 1.29 is 19.1 Å². The van der Waals surface area contributed by atoms with Gasteiger partial charge in [0.15, 0.2) is 0 Å². The number of methoxy groups -OCH3 is 1. The minimum absolute atomic E-state index is 0.0566. The summed E-state index contributed by atoms with van der Waals surface area (Å²) in [6, 6.07) is 24.4. The Morgan fingerprint density at radius 2 is 1.74 bits per heavy atom. The van der Waals surface area contributed by atoms with Gasteiger partial charge in [-0.1, -0.05) is 57.9 Å². The van der Waals surface area contributed by atoms with Crippen LogP contribution in [0.1, 0.15) is 28.4 Å². The van der Waals surface area contributed by atoms with Crippen molar-refractivity contribution in [2.24, 2.45) is 11.7 Å². The molecule has 5 rings (SSSR count). The third-order valence-corrected chi connectivity index (χ3v) is 8.74. The van der Waals surface area contributed by atoms with Crippen molar-refractivity contribution in [1.29, 1.82) is 0 Å². The van der Waals surface area contributed by atoms with Gasteiger partial charge in [-0.25, -0.2) is 0 Å². The summed E-state index contributed by atoms with van der Waals surface area (Å²) in [5.74, 6) is -1.69. The van der Waals surface area contributed by atoms with Gasteiger partial charge in [-0.2, -0.15) is 0 Å². The van der Waals surface area contributed by atoms with Gasteiger partial charge in [-0.3, -0.25) is 14.4 Å². The van der Waals surface area contributed by atoms with Crippen molar-refractivity contribution in [3.63, 3.8) is 0 Å². The molecule has 1 aliphatic heterocycles. The average Bonchev–Trinajstić information content (AvgIpc) is 3.11. The maximum absolute atomic E-state index is 14.7. The van der Waals surface area contributed by atoms with Crippen LogP contribution in [0.5, 0.6) is 5.75 Å². The van der Waals surface area contributed by atoms with Crippen molar-refractivity contribution in [2.45, 2.75) is 25.9 Å². The Morgan fingerprint density at radius 3 is 2.38 bits per heavy atom. The highest BCUT2D eigenvalue weighted by Crippen LogP contribution is 2.40. The number of primary amides is 1. The minimum Gasteiger partial charge on any atom is -0.496 e. The third-order valence-electron chi connectivity index (χ3n) is 8.25. The highest BCUT2D eigenvalue weighted by molar-refractivity contribution is 9.10. The fourth-order valence-corrected chi connectivity index (χ4v) is 5.93. The first kappa shape index (κ1) is 29.3. The maximum Gasteiger partial charge on any atom is 0.258 e. The summed E-state index contributed by atoms with van der Waals surface area (Å²) in [5, 5.41) is 4.88. The number of para-hydroxylation sites is 2. The number of fused-ring (bicyclic) bond motifs is 2. The number of likely N-dealkylation sites (N-methyl/N-ethyl adjacent to an activating group) is 1. The van der Waals surface area contributed by atoms with Crippen molar-refractivity contribution >= 4 is 55.8 Å². The van der Waals surface area contributed by atoms with Crippen LogP contribution in [0, 0.1) is 12.8 Å². The van der Waals surface area contributed by atoms with E-state index in [1.54, 1.807) is 43.0 Å². The van der Waals surface area contributed by atoms with E-state index in [0.717, 1.165) is 26.4 Å². The van der Waals surface area contributed by atoms with Crippen LogP contribution >= 0.6 is 15.9 Å². The predicted molar refractivity (Wildman–Crippen MR) is 169 cm³/mol. The lowest BCUT2D eigenvalue weighted by Crippen LogP contribution is -2.63. The van der Waals surface area contributed by atoms with Crippen molar-refractivity contribution in [3.05, 3.63) is 100 Å². The molecule has 9 heteroatoms. The summed E-state index contributed by atoms with van der Waals surface area (Å²) in [5.41, 5.74) is 7.87. The number of anilines is 2. The Kier molecular flexibility index (Phi) is 8.08. The van der Waals surface area contributed by atoms with Crippen LogP contribution in [-0.4, -0.2) is 44.0 Å². The lowest BCUT2D eigenvalue weighted by atomic mass is 9.83. The Balaban J connectivity index is 1.72. The van der Waals surface area contributed by atoms with Crippen molar-refractivity contribution in [3.8, 4) is 5.75 Å². The van der Waals surface area contributed by atoms with Gasteiger partial charge in [0.2, 0.25) is 11.8 Å². The van der Waals surface area contributed by atoms with Crippen LogP contribution in [0.4, 0.5) is 11.4 Å². The molecule has 216 valence electrons. The van der Waals surface area contributed by atoms with Crippen molar-refractivity contribution in [1.82, 2.24) is 5.32 Å². The standard InChI is InChI=1S/C33H33BrN4O4/c1-20-9-11-21(12-10-20)30(39)38-19-26(33(2,36-3)32(35)41)31(40)37(27-7-5-6-8-28(27)38)18-25-24-15-14-23(34)17-22(24)13-16-29(25)42-4/h5-17,26,36H,18-19H2,1-4H3,(H2,35,41)/t26-,33?/m1/s1. The lowest BCUT2D eigenvalue weighted by molar-refractivity contribution is -0.133. The zero-order valence-corrected chi connectivity index (χ0v) is 25.6. The Bertz CT molecular complexity index is 1690. The van der Waals surface area contributed by atoms with Crippen LogP contribution in [0.3, 0.4) is 0 Å². The molecule has 8 nitrogen and oxygen atoms in total. The fraction of sp³-hybridized carbons (Fsp3) is 0.242. The van der Waals surface area contributed by atoms with E-state index in [-0.39, 0.29) is 24.9 Å². The second kappa shape index (κ2) is 11.6. The largest absolute Gasteiger partial charge is 0.496 e. The normalized spacial score (nSPS) is 16.5. The van der Waals surface area contributed by atoms with E-state index in [9.17, 15) is 14.4 Å². The molecule has 0 saturated carbocycles. The van der Waals surface area contributed by atoms with Gasteiger partial charge in [-0.05, 0) is 74.1 Å². The number of carbonyl (C=O) groups is 3. The van der Waals surface area contributed by atoms with E-state index < -0.39 is 17.4 Å². The second-order valence-electron chi connectivity index (χ2n) is 10.7. The van der Waals surface area contributed by atoms with Gasteiger partial charge in [0.1, 0.15) is 11.3 Å². The van der Waals surface area contributed by atoms with E-state index in [1.165, 1.54) is 0 Å². The van der Waals surface area contributed by atoms with Gasteiger partial charge >= 0.3 is 0 Å². The number of benzene rings is 4. The highest BCUT2D eigenvalue weighted by atomic mass is 79.9. The monoisotopic (exact) mass is 628 g/mol. The van der Waals surface area contributed by atoms with E-state index in [2.05, 4.69) is 21.2 Å². The molecule has 3 N–H and O–H groups in total. The van der Waals surface area contributed by atoms with Crippen LogP contribution in [0.15, 0.2) is 83.3 Å². The number of hydrogen-bond donors (Lipinski definition) is 2. The van der Waals surface area contributed by atoms with E-state index in [1.807, 2.05) is 73.7 Å². The van der Waals surface area contributed by atoms with Gasteiger partial charge in [-0.15, -0.1) is 0 Å². The maximum atomic E-state index is 14.7. The highest BCUT2D eigenvalue weighted by Gasteiger charge is 2.48. The molecule has 0 fully saturated rings. The smallest absolute Gasteiger partial charge is 0.258 e. The molecular weight excluding hydrogens is 596 g/mol. The summed E-state index contributed by atoms with van der Waals surface area (Å²) < 4.78 is 6.69. The predicted octanol–water partition coefficient (Wildman–Crippen LogP) is 5.19. The van der Waals surface area contributed by atoms with Gasteiger partial charge in [0.25, 0.3) is 5.91 Å². The van der Waals surface area contributed by atoms with Gasteiger partial charge in [0.05, 0.1) is 30.9 Å². The SMILES string of the molecule is CNC(C)(C(N)=O)[C@@H]1CN(C(=O)c2ccc(C)cc2)c2ccccc2N(Cc2c(OC)ccc3cc(Br)ccc23)C1=O. The van der Waals surface area contributed by atoms with E-state index in [4.69, 9.17) is 10.5 Å². The van der Waals surface area contributed by atoms with Crippen LogP contribution < -0.4 is 25.6 Å². The minimum atomic E-state index is -1.45. The first-order valence-electron chi connectivity index (χ1n) is 13.6. The molecular formula is C33H33BrN4O4.